The molecule has 0 aromatic heterocycles. The Labute approximate surface area is 73.4 Å². The van der Waals surface area contributed by atoms with Crippen molar-refractivity contribution in [2.45, 2.75) is 13.3 Å². The molecule has 0 saturated heterocycles. The van der Waals surface area contributed by atoms with Gasteiger partial charge in [-0.2, -0.15) is 5.26 Å². The summed E-state index contributed by atoms with van der Waals surface area (Å²) in [5, 5.41) is 8.45. The Hall–Kier alpha value is -1.50. The third-order valence-corrected chi connectivity index (χ3v) is 1.67. The van der Waals surface area contributed by atoms with Crippen LogP contribution in [0.4, 0.5) is 13.2 Å². The Kier molecular flexibility index (Phi) is 2.57. The maximum atomic E-state index is 12.9. The van der Waals surface area contributed by atoms with Crippen molar-refractivity contribution in [2.24, 2.45) is 0 Å². The molecule has 0 N–H and O–H groups in total. The molecule has 0 aliphatic heterocycles. The van der Waals surface area contributed by atoms with Gasteiger partial charge in [0.15, 0.2) is 0 Å². The van der Waals surface area contributed by atoms with Gasteiger partial charge in [0.05, 0.1) is 5.56 Å². The maximum absolute atomic E-state index is 12.9. The van der Waals surface area contributed by atoms with Gasteiger partial charge < -0.3 is 0 Å². The van der Waals surface area contributed by atoms with Gasteiger partial charge in [-0.25, -0.2) is 13.2 Å². The van der Waals surface area contributed by atoms with Crippen molar-refractivity contribution >= 4 is 0 Å². The number of alkyl halides is 2. The summed E-state index contributed by atoms with van der Waals surface area (Å²) in [4.78, 5) is 0. The second-order valence-electron chi connectivity index (χ2n) is 2.61. The van der Waals surface area contributed by atoms with Gasteiger partial charge in [-0.15, -0.1) is 0 Å². The van der Waals surface area contributed by atoms with Crippen LogP contribution in [-0.4, -0.2) is 0 Å². The number of hydrogen-bond donors (Lipinski definition) is 0. The molecular weight excluding hydrogens is 179 g/mol. The third kappa shape index (κ3) is 1.81. The fraction of sp³-hybridized carbons (Fsp3) is 0.222. The minimum absolute atomic E-state index is 0.176. The highest BCUT2D eigenvalue weighted by atomic mass is 19.3. The van der Waals surface area contributed by atoms with E-state index in [1.165, 1.54) is 6.92 Å². The van der Waals surface area contributed by atoms with Crippen LogP contribution in [0.1, 0.15) is 23.1 Å². The van der Waals surface area contributed by atoms with Gasteiger partial charge >= 0.3 is 0 Å². The fourth-order valence-electron chi connectivity index (χ4n) is 1.04. The highest BCUT2D eigenvalue weighted by molar-refractivity contribution is 5.41. The molecule has 1 nitrogen and oxygen atoms in total. The summed E-state index contributed by atoms with van der Waals surface area (Å²) in [7, 11) is 0. The van der Waals surface area contributed by atoms with E-state index in [-0.39, 0.29) is 11.1 Å². The zero-order valence-electron chi connectivity index (χ0n) is 6.81. The molecule has 0 unspecified atom stereocenters. The lowest BCUT2D eigenvalue weighted by molar-refractivity contribution is 0.151. The quantitative estimate of drug-likeness (QED) is 0.659. The SMILES string of the molecule is Cc1cc(C(F)F)cc(F)c1C#N. The number of benzene rings is 1. The van der Waals surface area contributed by atoms with E-state index in [0.717, 1.165) is 6.07 Å². The Bertz CT molecular complexity index is 343. The largest absolute Gasteiger partial charge is 0.263 e. The molecule has 0 spiro atoms. The number of hydrogen-bond acceptors (Lipinski definition) is 1. The minimum atomic E-state index is -2.71. The van der Waals surface area contributed by atoms with Crippen molar-refractivity contribution < 1.29 is 13.2 Å². The summed E-state index contributed by atoms with van der Waals surface area (Å²) in [6.45, 7) is 1.42. The van der Waals surface area contributed by atoms with Crippen molar-refractivity contribution in [3.63, 3.8) is 0 Å². The average molecular weight is 185 g/mol. The molecule has 0 radical (unpaired) electrons. The summed E-state index contributed by atoms with van der Waals surface area (Å²) >= 11 is 0. The summed E-state index contributed by atoms with van der Waals surface area (Å²) in [6, 6.07) is 3.42. The van der Waals surface area contributed by atoms with Crippen LogP contribution in [0.15, 0.2) is 12.1 Å². The number of nitriles is 1. The van der Waals surface area contributed by atoms with E-state index in [1.807, 2.05) is 0 Å². The van der Waals surface area contributed by atoms with Crippen molar-refractivity contribution in [3.8, 4) is 6.07 Å². The predicted octanol–water partition coefficient (Wildman–Crippen LogP) is 2.94. The van der Waals surface area contributed by atoms with E-state index in [1.54, 1.807) is 6.07 Å². The molecule has 13 heavy (non-hydrogen) atoms. The fourth-order valence-corrected chi connectivity index (χ4v) is 1.04. The lowest BCUT2D eigenvalue weighted by Gasteiger charge is -2.03. The molecule has 0 bridgehead atoms. The summed E-state index contributed by atoms with van der Waals surface area (Å²) in [5.41, 5.74) is -0.337. The van der Waals surface area contributed by atoms with Gasteiger partial charge in [0.1, 0.15) is 11.9 Å². The summed E-state index contributed by atoms with van der Waals surface area (Å²) in [6.07, 6.45) is -2.71. The minimum Gasteiger partial charge on any atom is -0.206 e. The monoisotopic (exact) mass is 185 g/mol. The molecule has 0 aliphatic carbocycles. The smallest absolute Gasteiger partial charge is 0.206 e. The highest BCUT2D eigenvalue weighted by Crippen LogP contribution is 2.23. The van der Waals surface area contributed by atoms with Crippen LogP contribution in [0, 0.1) is 24.1 Å². The van der Waals surface area contributed by atoms with Crippen molar-refractivity contribution in [3.05, 3.63) is 34.6 Å². The zero-order chi connectivity index (χ0) is 10.0. The van der Waals surface area contributed by atoms with Crippen LogP contribution in [0.2, 0.25) is 0 Å². The van der Waals surface area contributed by atoms with E-state index in [0.29, 0.717) is 6.07 Å². The van der Waals surface area contributed by atoms with Crippen LogP contribution in [0.5, 0.6) is 0 Å². The standard InChI is InChI=1S/C9H6F3N/c1-5-2-6(9(11)12)3-8(10)7(5)4-13/h2-3,9H,1H3. The molecule has 0 saturated carbocycles. The Morgan fingerprint density at radius 3 is 2.38 bits per heavy atom. The van der Waals surface area contributed by atoms with E-state index in [2.05, 4.69) is 0 Å². The third-order valence-electron chi connectivity index (χ3n) is 1.67. The van der Waals surface area contributed by atoms with Gasteiger partial charge in [-0.1, -0.05) is 0 Å². The number of rotatable bonds is 1. The van der Waals surface area contributed by atoms with Gasteiger partial charge in [-0.3, -0.25) is 0 Å². The molecule has 1 rings (SSSR count). The average Bonchev–Trinajstić information content (AvgIpc) is 2.03. The molecule has 68 valence electrons. The highest BCUT2D eigenvalue weighted by Gasteiger charge is 2.13. The van der Waals surface area contributed by atoms with E-state index in [4.69, 9.17) is 5.26 Å². The van der Waals surface area contributed by atoms with Gasteiger partial charge in [0.25, 0.3) is 6.43 Å². The van der Waals surface area contributed by atoms with Crippen molar-refractivity contribution in [1.29, 1.82) is 5.26 Å². The summed E-state index contributed by atoms with van der Waals surface area (Å²) in [5.74, 6) is -0.891. The maximum Gasteiger partial charge on any atom is 0.263 e. The summed E-state index contributed by atoms with van der Waals surface area (Å²) < 4.78 is 37.1. The predicted molar refractivity (Wildman–Crippen MR) is 40.8 cm³/mol. The lowest BCUT2D eigenvalue weighted by atomic mass is 10.1. The Balaban J connectivity index is 3.30. The van der Waals surface area contributed by atoms with E-state index >= 15 is 0 Å². The second kappa shape index (κ2) is 3.48. The molecular formula is C9H6F3N. The first-order valence-electron chi connectivity index (χ1n) is 3.54. The first-order chi connectivity index (χ1) is 6.06. The molecule has 0 aliphatic rings. The van der Waals surface area contributed by atoms with Gasteiger partial charge in [0.2, 0.25) is 0 Å². The first-order valence-corrected chi connectivity index (χ1v) is 3.54. The van der Waals surface area contributed by atoms with Crippen LogP contribution >= 0.6 is 0 Å². The normalized spacial score (nSPS) is 10.2. The number of halogens is 3. The van der Waals surface area contributed by atoms with Crippen LogP contribution in [0.25, 0.3) is 0 Å². The molecule has 1 aromatic rings. The van der Waals surface area contributed by atoms with E-state index < -0.39 is 17.8 Å². The first kappa shape index (κ1) is 9.59. The Morgan fingerprint density at radius 2 is 2.00 bits per heavy atom. The molecule has 1 aromatic carbocycles. The number of nitrogens with zero attached hydrogens (tertiary/aromatic N) is 1. The second-order valence-corrected chi connectivity index (χ2v) is 2.61. The molecule has 0 atom stereocenters. The van der Waals surface area contributed by atoms with Crippen LogP contribution in [-0.2, 0) is 0 Å². The molecule has 0 fully saturated rings. The number of aryl methyl sites for hydroxylation is 1. The van der Waals surface area contributed by atoms with E-state index in [9.17, 15) is 13.2 Å². The van der Waals surface area contributed by atoms with Crippen molar-refractivity contribution in [1.82, 2.24) is 0 Å². The lowest BCUT2D eigenvalue weighted by Crippen LogP contribution is -1.93. The van der Waals surface area contributed by atoms with Crippen LogP contribution in [0.3, 0.4) is 0 Å². The topological polar surface area (TPSA) is 23.8 Å². The van der Waals surface area contributed by atoms with Gasteiger partial charge in [-0.05, 0) is 24.6 Å². The molecule has 0 amide bonds. The van der Waals surface area contributed by atoms with Crippen LogP contribution < -0.4 is 0 Å². The van der Waals surface area contributed by atoms with Gasteiger partial charge in [0, 0.05) is 5.56 Å². The van der Waals surface area contributed by atoms with Crippen molar-refractivity contribution in [2.75, 3.05) is 0 Å². The zero-order valence-corrected chi connectivity index (χ0v) is 6.81. The Morgan fingerprint density at radius 1 is 1.38 bits per heavy atom. The molecule has 0 heterocycles. The molecule has 4 heteroatoms.